The summed E-state index contributed by atoms with van der Waals surface area (Å²) >= 11 is 0. The van der Waals surface area contributed by atoms with Crippen LogP contribution in [0.1, 0.15) is 5.56 Å². The molecule has 6 nitrogen and oxygen atoms in total. The number of carbonyl (C=O) groups is 2. The van der Waals surface area contributed by atoms with Crippen LogP contribution in [0.15, 0.2) is 52.8 Å². The van der Waals surface area contributed by atoms with E-state index in [0.29, 0.717) is 11.3 Å². The second-order valence-electron chi connectivity index (χ2n) is 5.86. The van der Waals surface area contributed by atoms with Crippen molar-refractivity contribution in [1.29, 1.82) is 0 Å². The van der Waals surface area contributed by atoms with E-state index in [9.17, 15) is 18.4 Å². The van der Waals surface area contributed by atoms with Gasteiger partial charge in [-0.15, -0.1) is 0 Å². The van der Waals surface area contributed by atoms with Gasteiger partial charge in [0, 0.05) is 0 Å². The molecule has 25 heavy (non-hydrogen) atoms. The smallest absolute Gasteiger partial charge is 0.263 e. The van der Waals surface area contributed by atoms with Gasteiger partial charge >= 0.3 is 0 Å². The lowest BCUT2D eigenvalue weighted by molar-refractivity contribution is -0.121. The number of nitrogens with zero attached hydrogens (tertiary/aromatic N) is 4. The summed E-state index contributed by atoms with van der Waals surface area (Å²) < 4.78 is 26.9. The summed E-state index contributed by atoms with van der Waals surface area (Å²) in [4.78, 5) is 26.3. The van der Waals surface area contributed by atoms with Crippen molar-refractivity contribution in [2.24, 2.45) is 10.3 Å². The molecule has 0 spiro atoms. The molecular formula is C17H12F2N4O2. The van der Waals surface area contributed by atoms with E-state index < -0.39 is 35.5 Å². The Bertz CT molecular complexity index is 913. The SMILES string of the molecule is Cc1ccc(N2N=N[C@H]3C(=O)N(c4ccc(F)cc4)C(=O)[C@@H]32)cc1F. The van der Waals surface area contributed by atoms with E-state index in [0.717, 1.165) is 4.90 Å². The van der Waals surface area contributed by atoms with Crippen molar-refractivity contribution < 1.29 is 18.4 Å². The fraction of sp³-hybridized carbons (Fsp3) is 0.176. The summed E-state index contributed by atoms with van der Waals surface area (Å²) in [6.45, 7) is 1.62. The first-order valence-corrected chi connectivity index (χ1v) is 7.57. The van der Waals surface area contributed by atoms with Gasteiger partial charge in [-0.05, 0) is 48.9 Å². The van der Waals surface area contributed by atoms with Crippen molar-refractivity contribution in [3.63, 3.8) is 0 Å². The van der Waals surface area contributed by atoms with Crippen LogP contribution in [-0.4, -0.2) is 23.9 Å². The minimum Gasteiger partial charge on any atom is -0.271 e. The lowest BCUT2D eigenvalue weighted by Gasteiger charge is -2.20. The van der Waals surface area contributed by atoms with E-state index in [4.69, 9.17) is 0 Å². The molecule has 1 saturated heterocycles. The molecule has 0 N–H and O–H groups in total. The Labute approximate surface area is 141 Å². The minimum absolute atomic E-state index is 0.260. The number of benzene rings is 2. The zero-order valence-electron chi connectivity index (χ0n) is 13.1. The van der Waals surface area contributed by atoms with Crippen LogP contribution in [0.4, 0.5) is 20.2 Å². The number of anilines is 2. The number of halogens is 2. The van der Waals surface area contributed by atoms with Gasteiger partial charge in [0.1, 0.15) is 11.6 Å². The number of fused-ring (bicyclic) bond motifs is 1. The second kappa shape index (κ2) is 5.44. The summed E-state index contributed by atoms with van der Waals surface area (Å²) in [5, 5.41) is 8.99. The summed E-state index contributed by atoms with van der Waals surface area (Å²) in [7, 11) is 0. The zero-order valence-corrected chi connectivity index (χ0v) is 13.1. The highest BCUT2D eigenvalue weighted by Gasteiger charge is 2.55. The summed E-state index contributed by atoms with van der Waals surface area (Å²) in [5.74, 6) is -1.99. The maximum atomic E-state index is 13.8. The van der Waals surface area contributed by atoms with E-state index in [-0.39, 0.29) is 5.69 Å². The molecular weight excluding hydrogens is 330 g/mol. The minimum atomic E-state index is -0.998. The normalized spacial score (nSPS) is 22.0. The van der Waals surface area contributed by atoms with E-state index >= 15 is 0 Å². The molecule has 2 amide bonds. The van der Waals surface area contributed by atoms with Gasteiger partial charge in [-0.1, -0.05) is 11.3 Å². The maximum Gasteiger partial charge on any atom is 0.263 e. The molecule has 2 aliphatic heterocycles. The molecule has 2 aromatic rings. The Hall–Kier alpha value is -3.16. The predicted octanol–water partition coefficient (Wildman–Crippen LogP) is 2.77. The van der Waals surface area contributed by atoms with Crippen LogP contribution in [0.25, 0.3) is 0 Å². The van der Waals surface area contributed by atoms with Crippen LogP contribution in [0.3, 0.4) is 0 Å². The third kappa shape index (κ3) is 2.29. The van der Waals surface area contributed by atoms with Crippen molar-refractivity contribution in [2.45, 2.75) is 19.0 Å². The van der Waals surface area contributed by atoms with Gasteiger partial charge in [-0.25, -0.2) is 18.7 Å². The molecule has 0 bridgehead atoms. The van der Waals surface area contributed by atoms with Crippen LogP contribution >= 0.6 is 0 Å². The standard InChI is InChI=1S/C17H12F2N4O2/c1-9-2-5-12(8-13(9)19)23-15-14(20-21-23)16(24)22(17(15)25)11-6-3-10(18)4-7-11/h2-8,14-15H,1H3/t14-,15-/m1/s1. The third-order valence-electron chi connectivity index (χ3n) is 4.29. The highest BCUT2D eigenvalue weighted by Crippen LogP contribution is 2.35. The lowest BCUT2D eigenvalue weighted by atomic mass is 10.1. The van der Waals surface area contributed by atoms with Gasteiger partial charge in [0.15, 0.2) is 12.1 Å². The molecule has 0 saturated carbocycles. The number of imide groups is 1. The van der Waals surface area contributed by atoms with Gasteiger partial charge in [0.05, 0.1) is 11.4 Å². The summed E-state index contributed by atoms with van der Waals surface area (Å²) in [6.07, 6.45) is 0. The van der Waals surface area contributed by atoms with Gasteiger partial charge in [0.2, 0.25) is 0 Å². The quantitative estimate of drug-likeness (QED) is 0.788. The first-order valence-electron chi connectivity index (χ1n) is 7.57. The van der Waals surface area contributed by atoms with Crippen LogP contribution in [0.5, 0.6) is 0 Å². The predicted molar refractivity (Wildman–Crippen MR) is 84.9 cm³/mol. The molecule has 0 unspecified atom stereocenters. The average Bonchev–Trinajstić information content (AvgIpc) is 3.13. The zero-order chi connectivity index (χ0) is 17.7. The number of carbonyl (C=O) groups excluding carboxylic acids is 2. The van der Waals surface area contributed by atoms with E-state index in [1.807, 2.05) is 0 Å². The Kier molecular flexibility index (Phi) is 3.34. The van der Waals surface area contributed by atoms with Crippen LogP contribution in [-0.2, 0) is 9.59 Å². The molecule has 1 fully saturated rings. The third-order valence-corrected chi connectivity index (χ3v) is 4.29. The molecule has 126 valence electrons. The maximum absolute atomic E-state index is 13.8. The Morgan fingerprint density at radius 3 is 2.32 bits per heavy atom. The van der Waals surface area contributed by atoms with Crippen molar-refractivity contribution in [3.8, 4) is 0 Å². The van der Waals surface area contributed by atoms with E-state index in [1.165, 1.54) is 35.3 Å². The molecule has 2 atom stereocenters. The van der Waals surface area contributed by atoms with Crippen molar-refractivity contribution in [1.82, 2.24) is 0 Å². The monoisotopic (exact) mass is 342 g/mol. The molecule has 2 aromatic carbocycles. The highest BCUT2D eigenvalue weighted by atomic mass is 19.1. The van der Waals surface area contributed by atoms with Crippen LogP contribution in [0, 0.1) is 18.6 Å². The molecule has 0 radical (unpaired) electrons. The van der Waals surface area contributed by atoms with Crippen molar-refractivity contribution >= 4 is 23.2 Å². The highest BCUT2D eigenvalue weighted by molar-refractivity contribution is 6.26. The molecule has 4 rings (SSSR count). The van der Waals surface area contributed by atoms with Gasteiger partial charge in [0.25, 0.3) is 11.8 Å². The van der Waals surface area contributed by atoms with Crippen LogP contribution in [0.2, 0.25) is 0 Å². The first-order chi connectivity index (χ1) is 12.0. The van der Waals surface area contributed by atoms with Crippen molar-refractivity contribution in [2.75, 3.05) is 9.91 Å². The average molecular weight is 342 g/mol. The molecule has 0 aliphatic carbocycles. The van der Waals surface area contributed by atoms with Gasteiger partial charge < -0.3 is 0 Å². The van der Waals surface area contributed by atoms with Crippen molar-refractivity contribution in [3.05, 3.63) is 59.7 Å². The second-order valence-corrected chi connectivity index (χ2v) is 5.86. The number of aryl methyl sites for hydroxylation is 1. The number of amides is 2. The molecule has 8 heteroatoms. The molecule has 2 aliphatic rings. The summed E-state index contributed by atoms with van der Waals surface area (Å²) in [6, 6.07) is 7.47. The first kappa shape index (κ1) is 15.4. The Balaban J connectivity index is 1.70. The Morgan fingerprint density at radius 2 is 1.64 bits per heavy atom. The van der Waals surface area contributed by atoms with E-state index in [1.54, 1.807) is 19.1 Å². The van der Waals surface area contributed by atoms with Crippen LogP contribution < -0.4 is 9.91 Å². The number of hydrogen-bond acceptors (Lipinski definition) is 5. The number of hydrogen-bond donors (Lipinski definition) is 0. The van der Waals surface area contributed by atoms with Gasteiger partial charge in [-0.2, -0.15) is 5.11 Å². The van der Waals surface area contributed by atoms with Gasteiger partial charge in [-0.3, -0.25) is 9.59 Å². The fourth-order valence-electron chi connectivity index (χ4n) is 2.94. The summed E-state index contributed by atoms with van der Waals surface area (Å²) in [5.41, 5.74) is 1.05. The Morgan fingerprint density at radius 1 is 0.960 bits per heavy atom. The largest absolute Gasteiger partial charge is 0.271 e. The molecule has 0 aromatic heterocycles. The molecule has 2 heterocycles. The number of rotatable bonds is 2. The topological polar surface area (TPSA) is 65.3 Å². The fourth-order valence-corrected chi connectivity index (χ4v) is 2.94. The lowest BCUT2D eigenvalue weighted by Crippen LogP contribution is -2.40. The van der Waals surface area contributed by atoms with E-state index in [2.05, 4.69) is 10.3 Å².